The average Bonchev–Trinajstić information content (AvgIpc) is 2.92. The number of halogens is 8. The maximum Gasteiger partial charge on any atom is 0.490 e. The summed E-state index contributed by atoms with van der Waals surface area (Å²) in [7, 11) is 0. The SMILES string of the molecule is O=C(O[C@]1(C(=O)NC(c2ccc(Cl)cc2)C(F)(F)F)CC[C@H](N2CCOCC2)C[C@H]1c1ccc(Br)cc1)C(F)(F)F. The molecule has 4 rings (SSSR count). The van der Waals surface area contributed by atoms with Gasteiger partial charge in [0, 0.05) is 34.5 Å². The average molecular weight is 672 g/mol. The minimum absolute atomic E-state index is 0.0534. The van der Waals surface area contributed by atoms with Crippen LogP contribution in [0.2, 0.25) is 5.02 Å². The zero-order valence-corrected chi connectivity index (χ0v) is 23.7. The third-order valence-corrected chi connectivity index (χ3v) is 8.23. The van der Waals surface area contributed by atoms with E-state index in [2.05, 4.69) is 20.8 Å². The van der Waals surface area contributed by atoms with Gasteiger partial charge in [-0.25, -0.2) is 4.79 Å². The van der Waals surface area contributed by atoms with Crippen molar-refractivity contribution >= 4 is 39.4 Å². The van der Waals surface area contributed by atoms with E-state index >= 15 is 0 Å². The van der Waals surface area contributed by atoms with E-state index < -0.39 is 53.8 Å². The maximum absolute atomic E-state index is 14.2. The Bertz CT molecular complexity index is 1220. The predicted molar refractivity (Wildman–Crippen MR) is 140 cm³/mol. The normalized spacial score (nSPS) is 24.9. The lowest BCUT2D eigenvalue weighted by atomic mass is 9.68. The third-order valence-electron chi connectivity index (χ3n) is 7.45. The molecule has 4 atom stereocenters. The van der Waals surface area contributed by atoms with Gasteiger partial charge in [-0.15, -0.1) is 0 Å². The zero-order chi connectivity index (χ0) is 30.0. The van der Waals surface area contributed by atoms with Gasteiger partial charge in [0.15, 0.2) is 11.6 Å². The summed E-state index contributed by atoms with van der Waals surface area (Å²) in [6.07, 6.45) is -10.8. The van der Waals surface area contributed by atoms with Crippen LogP contribution in [0.15, 0.2) is 53.0 Å². The van der Waals surface area contributed by atoms with Gasteiger partial charge in [-0.05, 0) is 54.7 Å². The fraction of sp³-hybridized carbons (Fsp3) is 0.481. The van der Waals surface area contributed by atoms with Gasteiger partial charge in [0.2, 0.25) is 0 Å². The molecule has 0 aromatic heterocycles. The quantitative estimate of drug-likeness (QED) is 0.287. The van der Waals surface area contributed by atoms with Crippen molar-refractivity contribution in [3.8, 4) is 0 Å². The number of rotatable bonds is 6. The van der Waals surface area contributed by atoms with Crippen molar-refractivity contribution in [3.05, 3.63) is 69.2 Å². The molecule has 2 fully saturated rings. The smallest absolute Gasteiger partial charge is 0.442 e. The lowest BCUT2D eigenvalue weighted by molar-refractivity contribution is -0.221. The first-order valence-electron chi connectivity index (χ1n) is 12.7. The molecule has 41 heavy (non-hydrogen) atoms. The maximum atomic E-state index is 14.2. The van der Waals surface area contributed by atoms with Crippen molar-refractivity contribution < 1.29 is 45.4 Å². The van der Waals surface area contributed by atoms with Gasteiger partial charge in [-0.1, -0.05) is 51.8 Å². The number of morpholine rings is 1. The Hall–Kier alpha value is -2.35. The molecule has 2 aromatic carbocycles. The first-order valence-corrected chi connectivity index (χ1v) is 13.9. The van der Waals surface area contributed by atoms with Crippen LogP contribution >= 0.6 is 27.5 Å². The van der Waals surface area contributed by atoms with Crippen LogP contribution < -0.4 is 5.32 Å². The topological polar surface area (TPSA) is 67.9 Å². The summed E-state index contributed by atoms with van der Waals surface area (Å²) in [5, 5.41) is 2.02. The number of benzene rings is 2. The summed E-state index contributed by atoms with van der Waals surface area (Å²) in [5.41, 5.74) is -2.64. The predicted octanol–water partition coefficient (Wildman–Crippen LogP) is 6.33. The Labute approximate surface area is 245 Å². The molecule has 1 aliphatic carbocycles. The number of nitrogens with zero attached hydrogens (tertiary/aromatic N) is 1. The van der Waals surface area contributed by atoms with Crippen molar-refractivity contribution in [1.29, 1.82) is 0 Å². The van der Waals surface area contributed by atoms with E-state index in [1.165, 1.54) is 12.1 Å². The summed E-state index contributed by atoms with van der Waals surface area (Å²) >= 11 is 9.09. The second-order valence-corrected chi connectivity index (χ2v) is 11.3. The van der Waals surface area contributed by atoms with Crippen LogP contribution in [-0.4, -0.2) is 67.1 Å². The molecule has 1 amide bonds. The van der Waals surface area contributed by atoms with E-state index in [9.17, 15) is 35.9 Å². The van der Waals surface area contributed by atoms with Crippen LogP contribution in [0, 0.1) is 0 Å². The number of ether oxygens (including phenoxy) is 2. The van der Waals surface area contributed by atoms with Crippen molar-refractivity contribution in [2.24, 2.45) is 0 Å². The summed E-state index contributed by atoms with van der Waals surface area (Å²) < 4.78 is 94.2. The van der Waals surface area contributed by atoms with Crippen molar-refractivity contribution in [3.63, 3.8) is 0 Å². The highest BCUT2D eigenvalue weighted by Crippen LogP contribution is 2.47. The Kier molecular flexibility index (Phi) is 9.62. The number of alkyl halides is 6. The molecular weight excluding hydrogens is 646 g/mol. The molecule has 1 heterocycles. The van der Waals surface area contributed by atoms with Gasteiger partial charge in [-0.3, -0.25) is 9.69 Å². The molecule has 1 N–H and O–H groups in total. The van der Waals surface area contributed by atoms with Crippen molar-refractivity contribution in [2.75, 3.05) is 26.3 Å². The molecule has 2 aliphatic rings. The molecule has 1 unspecified atom stereocenters. The van der Waals surface area contributed by atoms with Crippen LogP contribution in [-0.2, 0) is 19.1 Å². The molecule has 0 spiro atoms. The fourth-order valence-electron chi connectivity index (χ4n) is 5.44. The highest BCUT2D eigenvalue weighted by molar-refractivity contribution is 9.10. The fourth-order valence-corrected chi connectivity index (χ4v) is 5.83. The number of carbonyl (C=O) groups is 2. The number of hydrogen-bond donors (Lipinski definition) is 1. The number of amides is 1. The van der Waals surface area contributed by atoms with E-state index in [1.54, 1.807) is 24.3 Å². The molecule has 1 saturated carbocycles. The monoisotopic (exact) mass is 670 g/mol. The highest BCUT2D eigenvalue weighted by Gasteiger charge is 2.58. The van der Waals surface area contributed by atoms with E-state index in [1.807, 2.05) is 5.32 Å². The van der Waals surface area contributed by atoms with Gasteiger partial charge in [0.1, 0.15) is 0 Å². The molecule has 2 aromatic rings. The summed E-state index contributed by atoms with van der Waals surface area (Å²) in [6, 6.07) is 7.92. The van der Waals surface area contributed by atoms with Crippen LogP contribution in [0.4, 0.5) is 26.3 Å². The first-order chi connectivity index (χ1) is 19.2. The molecule has 0 bridgehead atoms. The van der Waals surface area contributed by atoms with E-state index in [0.717, 1.165) is 12.1 Å². The molecule has 224 valence electrons. The van der Waals surface area contributed by atoms with Crippen LogP contribution in [0.25, 0.3) is 0 Å². The molecule has 1 saturated heterocycles. The largest absolute Gasteiger partial charge is 0.490 e. The Balaban J connectivity index is 1.79. The molecule has 1 aliphatic heterocycles. The standard InChI is InChI=1S/C27H26BrClF6N2O4/c28-18-5-1-16(2-6-18)21-15-20(37-11-13-40-14-12-37)9-10-25(21,41-24(39)27(33,34)35)23(38)36-22(26(30,31)32)17-3-7-19(29)8-4-17/h1-8,20-22H,9-15H2,(H,36,38)/t20-,21-,22?,25+/m0/s1. The van der Waals surface area contributed by atoms with Crippen LogP contribution in [0.5, 0.6) is 0 Å². The highest BCUT2D eigenvalue weighted by atomic mass is 79.9. The number of esters is 1. The van der Waals surface area contributed by atoms with Crippen LogP contribution in [0.1, 0.15) is 42.3 Å². The minimum Gasteiger partial charge on any atom is -0.442 e. The van der Waals surface area contributed by atoms with E-state index in [0.29, 0.717) is 36.3 Å². The molecule has 14 heteroatoms. The Morgan fingerprint density at radius 2 is 1.63 bits per heavy atom. The molecule has 0 radical (unpaired) electrons. The van der Waals surface area contributed by atoms with Gasteiger partial charge in [0.25, 0.3) is 5.91 Å². The summed E-state index contributed by atoms with van der Waals surface area (Å²) in [6.45, 7) is 1.93. The second kappa shape index (κ2) is 12.5. The van der Waals surface area contributed by atoms with Crippen LogP contribution in [0.3, 0.4) is 0 Å². The first kappa shape index (κ1) is 31.6. The lowest BCUT2D eigenvalue weighted by Gasteiger charge is -2.48. The van der Waals surface area contributed by atoms with Crippen molar-refractivity contribution in [2.45, 2.75) is 55.2 Å². The summed E-state index contributed by atoms with van der Waals surface area (Å²) in [4.78, 5) is 28.2. The minimum atomic E-state index is -5.49. The van der Waals surface area contributed by atoms with Gasteiger partial charge in [-0.2, -0.15) is 26.3 Å². The second-order valence-electron chi connectivity index (χ2n) is 9.96. The van der Waals surface area contributed by atoms with Gasteiger partial charge in [0.05, 0.1) is 13.2 Å². The lowest BCUT2D eigenvalue weighted by Crippen LogP contribution is -2.61. The number of carbonyl (C=O) groups excluding carboxylic acids is 2. The molecular formula is C27H26BrClF6N2O4. The van der Waals surface area contributed by atoms with Crippen molar-refractivity contribution in [1.82, 2.24) is 10.2 Å². The zero-order valence-electron chi connectivity index (χ0n) is 21.4. The number of hydrogen-bond acceptors (Lipinski definition) is 5. The van der Waals surface area contributed by atoms with Gasteiger partial charge >= 0.3 is 18.3 Å². The third kappa shape index (κ3) is 7.36. The van der Waals surface area contributed by atoms with E-state index in [4.69, 9.17) is 21.1 Å². The molecule has 6 nitrogen and oxygen atoms in total. The Morgan fingerprint density at radius 3 is 2.20 bits per heavy atom. The summed E-state index contributed by atoms with van der Waals surface area (Å²) in [5.74, 6) is -5.32. The van der Waals surface area contributed by atoms with Gasteiger partial charge < -0.3 is 14.8 Å². The Morgan fingerprint density at radius 1 is 1.02 bits per heavy atom. The number of nitrogens with one attached hydrogen (secondary N) is 1. The van der Waals surface area contributed by atoms with E-state index in [-0.39, 0.29) is 23.9 Å².